The van der Waals surface area contributed by atoms with E-state index in [1.807, 2.05) is 10.9 Å². The molecule has 0 aliphatic rings. The molecule has 0 unspecified atom stereocenters. The normalized spacial score (nSPS) is 11.5. The number of rotatable bonds is 6. The van der Waals surface area contributed by atoms with Crippen LogP contribution in [-0.2, 0) is 6.54 Å². The van der Waals surface area contributed by atoms with E-state index in [-0.39, 0.29) is 0 Å². The first kappa shape index (κ1) is 14.7. The van der Waals surface area contributed by atoms with Crippen molar-refractivity contribution >= 4 is 0 Å². The maximum Gasteiger partial charge on any atom is 0.0783 e. The monoisotopic (exact) mass is 272 g/mol. The van der Waals surface area contributed by atoms with Gasteiger partial charge in [0.2, 0.25) is 0 Å². The van der Waals surface area contributed by atoms with Crippen molar-refractivity contribution in [3.05, 3.63) is 41.7 Å². The van der Waals surface area contributed by atoms with Gasteiger partial charge in [-0.3, -0.25) is 0 Å². The Morgan fingerprint density at radius 2 is 2.00 bits per heavy atom. The Balaban J connectivity index is 2.17. The van der Waals surface area contributed by atoms with Gasteiger partial charge >= 0.3 is 0 Å². The summed E-state index contributed by atoms with van der Waals surface area (Å²) in [5.74, 6) is 1.16. The molecule has 0 fully saturated rings. The smallest absolute Gasteiger partial charge is 0.0783 e. The second-order valence-electron chi connectivity index (χ2n) is 5.91. The van der Waals surface area contributed by atoms with E-state index in [0.717, 1.165) is 24.5 Å². The summed E-state index contributed by atoms with van der Waals surface area (Å²) in [6.45, 7) is 10.6. The molecule has 0 aliphatic carbocycles. The average Bonchev–Trinajstić information content (AvgIpc) is 2.87. The highest BCUT2D eigenvalue weighted by Gasteiger charge is 2.08. The van der Waals surface area contributed by atoms with E-state index in [9.17, 15) is 0 Å². The van der Waals surface area contributed by atoms with Crippen LogP contribution in [0.4, 0.5) is 0 Å². The number of nitrogens with one attached hydrogen (secondary N) is 1. The van der Waals surface area contributed by atoms with Crippen molar-refractivity contribution in [2.45, 2.75) is 40.2 Å². The predicted octanol–water partition coefficient (Wildman–Crippen LogP) is 3.14. The molecule has 2 aromatic rings. The van der Waals surface area contributed by atoms with Crippen molar-refractivity contribution in [1.82, 2.24) is 20.3 Å². The molecule has 0 bridgehead atoms. The first-order valence-corrected chi connectivity index (χ1v) is 7.28. The minimum Gasteiger partial charge on any atom is -0.311 e. The van der Waals surface area contributed by atoms with Gasteiger partial charge in [0.05, 0.1) is 17.6 Å². The highest BCUT2D eigenvalue weighted by atomic mass is 15.4. The van der Waals surface area contributed by atoms with Crippen molar-refractivity contribution in [3.63, 3.8) is 0 Å². The largest absolute Gasteiger partial charge is 0.311 e. The van der Waals surface area contributed by atoms with E-state index in [4.69, 9.17) is 0 Å². The third-order valence-corrected chi connectivity index (χ3v) is 3.26. The van der Waals surface area contributed by atoms with E-state index in [1.54, 1.807) is 0 Å². The molecule has 0 saturated carbocycles. The number of hydrogen-bond acceptors (Lipinski definition) is 3. The van der Waals surface area contributed by atoms with Crippen LogP contribution in [0.1, 0.15) is 44.9 Å². The van der Waals surface area contributed by atoms with Gasteiger partial charge in [0.15, 0.2) is 0 Å². The molecule has 0 spiro atoms. The molecule has 4 heteroatoms. The lowest BCUT2D eigenvalue weighted by Crippen LogP contribution is -2.20. The quantitative estimate of drug-likeness (QED) is 0.878. The first-order valence-electron chi connectivity index (χ1n) is 7.28. The molecular weight excluding hydrogens is 248 g/mol. The Hall–Kier alpha value is -1.68. The van der Waals surface area contributed by atoms with Crippen molar-refractivity contribution in [2.24, 2.45) is 5.92 Å². The number of aromatic nitrogens is 3. The van der Waals surface area contributed by atoms with E-state index in [0.29, 0.717) is 11.8 Å². The predicted molar refractivity (Wildman–Crippen MR) is 82.0 cm³/mol. The average molecular weight is 272 g/mol. The van der Waals surface area contributed by atoms with Crippen molar-refractivity contribution in [2.75, 3.05) is 6.54 Å². The highest BCUT2D eigenvalue weighted by Crippen LogP contribution is 2.18. The number of hydrogen-bond donors (Lipinski definition) is 1. The summed E-state index contributed by atoms with van der Waals surface area (Å²) in [4.78, 5) is 0. The number of benzene rings is 1. The molecule has 0 aliphatic heterocycles. The Morgan fingerprint density at radius 1 is 1.20 bits per heavy atom. The number of nitrogens with zero attached hydrogens (tertiary/aromatic N) is 3. The van der Waals surface area contributed by atoms with E-state index in [1.165, 1.54) is 5.56 Å². The van der Waals surface area contributed by atoms with Gasteiger partial charge in [-0.05, 0) is 36.1 Å². The standard InChI is InChI=1S/C16H24N4/c1-12(2)9-17-10-16-11-18-19-20(16)15-7-5-6-14(8-15)13(3)4/h5-8,11-13,17H,9-10H2,1-4H3. The van der Waals surface area contributed by atoms with Crippen LogP contribution < -0.4 is 5.32 Å². The summed E-state index contributed by atoms with van der Waals surface area (Å²) in [6.07, 6.45) is 1.83. The van der Waals surface area contributed by atoms with Crippen molar-refractivity contribution < 1.29 is 0 Å². The van der Waals surface area contributed by atoms with Crippen LogP contribution >= 0.6 is 0 Å². The van der Waals surface area contributed by atoms with Gasteiger partial charge < -0.3 is 5.32 Å². The highest BCUT2D eigenvalue weighted by molar-refractivity contribution is 5.37. The van der Waals surface area contributed by atoms with Crippen LogP contribution in [0, 0.1) is 5.92 Å². The summed E-state index contributed by atoms with van der Waals surface area (Å²) in [5.41, 5.74) is 3.49. The zero-order valence-electron chi connectivity index (χ0n) is 12.8. The van der Waals surface area contributed by atoms with E-state index in [2.05, 4.69) is 67.6 Å². The van der Waals surface area contributed by atoms with Crippen LogP contribution in [0.5, 0.6) is 0 Å². The first-order chi connectivity index (χ1) is 9.58. The second kappa shape index (κ2) is 6.66. The summed E-state index contributed by atoms with van der Waals surface area (Å²) >= 11 is 0. The van der Waals surface area contributed by atoms with Gasteiger partial charge in [-0.2, -0.15) is 0 Å². The molecular formula is C16H24N4. The molecule has 0 amide bonds. The molecule has 1 N–H and O–H groups in total. The van der Waals surface area contributed by atoms with Gasteiger partial charge in [0.25, 0.3) is 0 Å². The molecule has 20 heavy (non-hydrogen) atoms. The third kappa shape index (κ3) is 3.67. The van der Waals surface area contributed by atoms with Gasteiger partial charge in [0, 0.05) is 6.54 Å². The minimum absolute atomic E-state index is 0.515. The molecule has 1 aromatic heterocycles. The van der Waals surface area contributed by atoms with Crippen LogP contribution in [0.2, 0.25) is 0 Å². The van der Waals surface area contributed by atoms with E-state index >= 15 is 0 Å². The Morgan fingerprint density at radius 3 is 2.70 bits per heavy atom. The summed E-state index contributed by atoms with van der Waals surface area (Å²) < 4.78 is 1.92. The molecule has 2 rings (SSSR count). The summed E-state index contributed by atoms with van der Waals surface area (Å²) in [5, 5.41) is 11.7. The molecule has 108 valence electrons. The fourth-order valence-electron chi connectivity index (χ4n) is 2.10. The van der Waals surface area contributed by atoms with Crippen LogP contribution in [-0.4, -0.2) is 21.5 Å². The van der Waals surface area contributed by atoms with Crippen LogP contribution in [0.3, 0.4) is 0 Å². The molecule has 0 radical (unpaired) electrons. The maximum absolute atomic E-state index is 4.21. The lowest BCUT2D eigenvalue weighted by atomic mass is 10.0. The summed E-state index contributed by atoms with van der Waals surface area (Å²) in [6, 6.07) is 8.50. The van der Waals surface area contributed by atoms with Crippen molar-refractivity contribution in [1.29, 1.82) is 0 Å². The maximum atomic E-state index is 4.21. The van der Waals surface area contributed by atoms with Crippen molar-refractivity contribution in [3.8, 4) is 5.69 Å². The van der Waals surface area contributed by atoms with Crippen LogP contribution in [0.25, 0.3) is 5.69 Å². The molecule has 0 saturated heterocycles. The van der Waals surface area contributed by atoms with Gasteiger partial charge in [0.1, 0.15) is 0 Å². The van der Waals surface area contributed by atoms with Gasteiger partial charge in [-0.1, -0.05) is 45.0 Å². The zero-order chi connectivity index (χ0) is 14.5. The second-order valence-corrected chi connectivity index (χ2v) is 5.91. The molecule has 4 nitrogen and oxygen atoms in total. The van der Waals surface area contributed by atoms with Gasteiger partial charge in [-0.15, -0.1) is 5.10 Å². The Kier molecular flexibility index (Phi) is 4.90. The SMILES string of the molecule is CC(C)CNCc1cnnn1-c1cccc(C(C)C)c1. The lowest BCUT2D eigenvalue weighted by molar-refractivity contribution is 0.542. The zero-order valence-corrected chi connectivity index (χ0v) is 12.8. The molecule has 1 heterocycles. The summed E-state index contributed by atoms with van der Waals surface area (Å²) in [7, 11) is 0. The third-order valence-electron chi connectivity index (χ3n) is 3.26. The Labute approximate surface area is 121 Å². The van der Waals surface area contributed by atoms with E-state index < -0.39 is 0 Å². The molecule has 1 aromatic carbocycles. The Bertz CT molecular complexity index is 543. The van der Waals surface area contributed by atoms with Gasteiger partial charge in [-0.25, -0.2) is 4.68 Å². The minimum atomic E-state index is 0.515. The topological polar surface area (TPSA) is 42.7 Å². The lowest BCUT2D eigenvalue weighted by Gasteiger charge is -2.11. The fraction of sp³-hybridized carbons (Fsp3) is 0.500. The molecule has 0 atom stereocenters. The fourth-order valence-corrected chi connectivity index (χ4v) is 2.10. The van der Waals surface area contributed by atoms with Crippen LogP contribution in [0.15, 0.2) is 30.5 Å².